The number of nitrogens with zero attached hydrogens (tertiary/aromatic N) is 6. The zero-order valence-corrected chi connectivity index (χ0v) is 30.5. The maximum atomic E-state index is 13.6. The second-order valence-electron chi connectivity index (χ2n) is 13.4. The van der Waals surface area contributed by atoms with Gasteiger partial charge < -0.3 is 9.67 Å². The van der Waals surface area contributed by atoms with E-state index in [0.717, 1.165) is 50.3 Å². The molecule has 1 N–H and O–H groups in total. The summed E-state index contributed by atoms with van der Waals surface area (Å²) in [4.78, 5) is 32.2. The largest absolute Gasteiger partial charge is 0.477 e. The maximum absolute atomic E-state index is 13.6. The monoisotopic (exact) mass is 722 g/mol. The smallest absolute Gasteiger partial charge is 0.341 e. The van der Waals surface area contributed by atoms with E-state index in [4.69, 9.17) is 15.3 Å². The highest BCUT2D eigenvalue weighted by Crippen LogP contribution is 2.40. The Balaban J connectivity index is 1.20. The Morgan fingerprint density at radius 1 is 0.691 bits per heavy atom. The average molecular weight is 723 g/mol. The molecule has 0 aliphatic carbocycles. The summed E-state index contributed by atoms with van der Waals surface area (Å²) in [5.74, 6) is -0.782. The van der Waals surface area contributed by atoms with Gasteiger partial charge in [-0.15, -0.1) is 15.0 Å². The number of fused-ring (bicyclic) bond motifs is 1. The molecule has 0 radical (unpaired) electrons. The van der Waals surface area contributed by atoms with Crippen LogP contribution in [0, 0.1) is 0 Å². The van der Waals surface area contributed by atoms with E-state index in [1.165, 1.54) is 6.07 Å². The van der Waals surface area contributed by atoms with Crippen molar-refractivity contribution in [2.45, 2.75) is 38.8 Å². The van der Waals surface area contributed by atoms with Gasteiger partial charge in [-0.3, -0.25) is 9.78 Å². The summed E-state index contributed by atoms with van der Waals surface area (Å²) in [6, 6.07) is 50.0. The molecule has 0 fully saturated rings. The van der Waals surface area contributed by atoms with Gasteiger partial charge in [0.1, 0.15) is 5.56 Å². The fourth-order valence-corrected chi connectivity index (χ4v) is 7.50. The number of carbonyl (C=O) groups is 1. The summed E-state index contributed by atoms with van der Waals surface area (Å²) in [5, 5.41) is 25.2. The molecule has 5 aromatic carbocycles. The lowest BCUT2D eigenvalue weighted by atomic mass is 9.77. The Kier molecular flexibility index (Phi) is 9.43. The molecule has 9 nitrogen and oxygen atoms in total. The van der Waals surface area contributed by atoms with Crippen molar-refractivity contribution < 1.29 is 9.90 Å². The van der Waals surface area contributed by atoms with Crippen molar-refractivity contribution in [2.24, 2.45) is 0 Å². The van der Waals surface area contributed by atoms with Crippen molar-refractivity contribution in [2.75, 3.05) is 0 Å². The summed E-state index contributed by atoms with van der Waals surface area (Å²) in [5.41, 5.74) is 7.08. The van der Waals surface area contributed by atoms with Gasteiger partial charge in [0.25, 0.3) is 5.56 Å². The van der Waals surface area contributed by atoms with Gasteiger partial charge in [0.15, 0.2) is 5.54 Å². The minimum atomic E-state index is -1.26. The van der Waals surface area contributed by atoms with Crippen molar-refractivity contribution >= 4 is 16.9 Å². The van der Waals surface area contributed by atoms with Crippen LogP contribution in [0.2, 0.25) is 0 Å². The number of aromatic carboxylic acids is 1. The minimum absolute atomic E-state index is 0.200. The molecule has 0 amide bonds. The molecule has 0 aliphatic heterocycles. The number of aromatic nitrogens is 6. The van der Waals surface area contributed by atoms with E-state index in [9.17, 15) is 14.7 Å². The highest BCUT2D eigenvalue weighted by molar-refractivity contribution is 5.93. The van der Waals surface area contributed by atoms with Crippen molar-refractivity contribution in [1.29, 1.82) is 0 Å². The Hall–Kier alpha value is -7.00. The maximum Gasteiger partial charge on any atom is 0.341 e. The molecule has 0 atom stereocenters. The molecule has 55 heavy (non-hydrogen) atoms. The predicted octanol–water partition coefficient (Wildman–Crippen LogP) is 8.43. The average Bonchev–Trinajstić information content (AvgIpc) is 3.73. The third kappa shape index (κ3) is 6.29. The lowest BCUT2D eigenvalue weighted by Crippen LogP contribution is -2.39. The summed E-state index contributed by atoms with van der Waals surface area (Å²) >= 11 is 0. The molecule has 8 aromatic rings. The first-order valence-corrected chi connectivity index (χ1v) is 18.4. The van der Waals surface area contributed by atoms with Crippen LogP contribution >= 0.6 is 0 Å². The predicted molar refractivity (Wildman–Crippen MR) is 214 cm³/mol. The number of rotatable bonds is 11. The summed E-state index contributed by atoms with van der Waals surface area (Å²) in [7, 11) is 0. The molecule has 3 heterocycles. The van der Waals surface area contributed by atoms with Gasteiger partial charge in [0, 0.05) is 22.3 Å². The van der Waals surface area contributed by atoms with Crippen LogP contribution in [0.5, 0.6) is 0 Å². The highest BCUT2D eigenvalue weighted by atomic mass is 16.4. The van der Waals surface area contributed by atoms with E-state index in [-0.39, 0.29) is 12.1 Å². The van der Waals surface area contributed by atoms with E-state index in [2.05, 4.69) is 41.5 Å². The van der Waals surface area contributed by atoms with E-state index in [1.54, 1.807) is 9.36 Å². The fourth-order valence-electron chi connectivity index (χ4n) is 7.50. The number of carboxylic acid groups (broad SMARTS) is 1. The zero-order valence-electron chi connectivity index (χ0n) is 30.5. The molecule has 0 unspecified atom stereocenters. The molecule has 8 rings (SSSR count). The third-order valence-electron chi connectivity index (χ3n) is 10.2. The molecule has 0 saturated heterocycles. The first-order valence-electron chi connectivity index (χ1n) is 18.4. The lowest BCUT2D eigenvalue weighted by Gasteiger charge is -2.34. The zero-order chi connectivity index (χ0) is 37.9. The van der Waals surface area contributed by atoms with Gasteiger partial charge in [-0.05, 0) is 63.6 Å². The first kappa shape index (κ1) is 35.1. The van der Waals surface area contributed by atoms with Gasteiger partial charge in [0.05, 0.1) is 12.1 Å². The molecule has 0 bridgehead atoms. The van der Waals surface area contributed by atoms with E-state index in [1.807, 2.05) is 123 Å². The van der Waals surface area contributed by atoms with Crippen molar-refractivity contribution in [3.05, 3.63) is 201 Å². The van der Waals surface area contributed by atoms with Crippen molar-refractivity contribution in [3.8, 4) is 22.5 Å². The van der Waals surface area contributed by atoms with E-state index >= 15 is 0 Å². The van der Waals surface area contributed by atoms with Crippen molar-refractivity contribution in [1.82, 2.24) is 29.8 Å². The first-order chi connectivity index (χ1) is 26.9. The molecule has 0 saturated carbocycles. The second-order valence-corrected chi connectivity index (χ2v) is 13.4. The van der Waals surface area contributed by atoms with Gasteiger partial charge in [-0.2, -0.15) is 0 Å². The van der Waals surface area contributed by atoms with Crippen LogP contribution in [-0.4, -0.2) is 40.8 Å². The third-order valence-corrected chi connectivity index (χ3v) is 10.2. The number of carboxylic acids is 1. The van der Waals surface area contributed by atoms with Crippen LogP contribution in [0.25, 0.3) is 33.4 Å². The molecule has 0 spiro atoms. The number of hydrogen-bond donors (Lipinski definition) is 1. The topological polar surface area (TPSA) is 116 Å². The lowest BCUT2D eigenvalue weighted by molar-refractivity contribution is 0.0694. The van der Waals surface area contributed by atoms with E-state index < -0.39 is 17.1 Å². The normalized spacial score (nSPS) is 11.5. The van der Waals surface area contributed by atoms with Crippen LogP contribution in [0.3, 0.4) is 0 Å². The van der Waals surface area contributed by atoms with Crippen LogP contribution in [-0.2, 0) is 24.9 Å². The van der Waals surface area contributed by atoms with Gasteiger partial charge in [-0.1, -0.05) is 153 Å². The van der Waals surface area contributed by atoms with Crippen LogP contribution < -0.4 is 5.56 Å². The van der Waals surface area contributed by atoms with Crippen LogP contribution in [0.4, 0.5) is 0 Å². The summed E-state index contributed by atoms with van der Waals surface area (Å²) < 4.78 is 1.56. The molecule has 9 heteroatoms. The number of aryl methyl sites for hydroxylation is 2. The fraction of sp³-hybridized carbons (Fsp3) is 0.130. The molecular formula is C46H38N6O3. The quantitative estimate of drug-likeness (QED) is 0.133. The number of benzene rings is 5. The molecular weight excluding hydrogens is 685 g/mol. The molecule has 0 aliphatic rings. The number of pyridine rings is 2. The molecule has 3 aromatic heterocycles. The Morgan fingerprint density at radius 3 is 1.80 bits per heavy atom. The minimum Gasteiger partial charge on any atom is -0.477 e. The Labute approximate surface area is 318 Å². The van der Waals surface area contributed by atoms with Gasteiger partial charge >= 0.3 is 5.97 Å². The second kappa shape index (κ2) is 14.8. The van der Waals surface area contributed by atoms with Crippen LogP contribution in [0.1, 0.15) is 57.8 Å². The highest BCUT2D eigenvalue weighted by Gasteiger charge is 2.41. The summed E-state index contributed by atoms with van der Waals surface area (Å²) in [6.45, 7) is 4.20. The van der Waals surface area contributed by atoms with Crippen LogP contribution in [0.15, 0.2) is 156 Å². The molecule has 270 valence electrons. The summed E-state index contributed by atoms with van der Waals surface area (Å²) in [6.07, 6.45) is 1.31. The number of tetrazole rings is 1. The van der Waals surface area contributed by atoms with E-state index in [0.29, 0.717) is 29.6 Å². The Bertz CT molecular complexity index is 2590. The van der Waals surface area contributed by atoms with Crippen molar-refractivity contribution in [3.63, 3.8) is 0 Å². The number of hydrogen-bond acceptors (Lipinski definition) is 6. The SMILES string of the molecule is CCc1cc2c(cc(C(=O)O)c(=O)n2Cc2ccc(-c3ccccc3-c3nnn(C(c4ccccc4)(c4ccccc4)c4ccccc4)n3)cc2)c(CC)n1. The Morgan fingerprint density at radius 2 is 1.25 bits per heavy atom. The standard InChI is InChI=1S/C46H38N6O3/c1-3-36-28-42-39(41(4-2)47-36)29-40(45(54)55)44(53)51(42)30-31-24-26-32(27-25-31)37-22-14-15-23-38(37)43-48-50-52(49-43)46(33-16-8-5-9-17-33,34-18-10-6-11-19-34)35-20-12-7-13-21-35/h5-29H,3-4,30H2,1-2H3,(H,54,55). The van der Waals surface area contributed by atoms with Gasteiger partial charge in [0.2, 0.25) is 5.82 Å². The van der Waals surface area contributed by atoms with Gasteiger partial charge in [-0.25, -0.2) is 4.79 Å².